The quantitative estimate of drug-likeness (QED) is 0.726. The molecule has 0 saturated heterocycles. The Balaban J connectivity index is 2.53. The van der Waals surface area contributed by atoms with E-state index in [-0.39, 0.29) is 5.56 Å². The topological polar surface area (TPSA) is 79.3 Å². The number of carbonyl (C=O) groups is 1. The molecule has 1 atom stereocenters. The number of rotatable bonds is 6. The van der Waals surface area contributed by atoms with E-state index in [1.807, 2.05) is 0 Å². The average molecular weight is 242 g/mol. The summed E-state index contributed by atoms with van der Waals surface area (Å²) in [6.45, 7) is 0.601. The SMILES string of the molecule is CS(=O)CCCNc1ccncc1C(=O)O. The fourth-order valence-corrected chi connectivity index (χ4v) is 1.77. The van der Waals surface area contributed by atoms with Crippen molar-refractivity contribution in [3.8, 4) is 0 Å². The molecule has 0 aromatic carbocycles. The molecule has 1 aromatic heterocycles. The van der Waals surface area contributed by atoms with Gasteiger partial charge in [0.25, 0.3) is 0 Å². The smallest absolute Gasteiger partial charge is 0.339 e. The zero-order chi connectivity index (χ0) is 12.0. The summed E-state index contributed by atoms with van der Waals surface area (Å²) >= 11 is 0. The molecule has 5 nitrogen and oxygen atoms in total. The lowest BCUT2D eigenvalue weighted by Crippen LogP contribution is -2.10. The van der Waals surface area contributed by atoms with Crippen LogP contribution in [0.2, 0.25) is 0 Å². The Hall–Kier alpha value is -1.43. The number of pyridine rings is 1. The van der Waals surface area contributed by atoms with Crippen LogP contribution < -0.4 is 5.32 Å². The number of hydrogen-bond acceptors (Lipinski definition) is 4. The van der Waals surface area contributed by atoms with Crippen molar-refractivity contribution in [3.05, 3.63) is 24.0 Å². The zero-order valence-electron chi connectivity index (χ0n) is 8.97. The lowest BCUT2D eigenvalue weighted by Gasteiger charge is -2.07. The van der Waals surface area contributed by atoms with E-state index >= 15 is 0 Å². The molecule has 6 heteroatoms. The highest BCUT2D eigenvalue weighted by molar-refractivity contribution is 7.84. The summed E-state index contributed by atoms with van der Waals surface area (Å²) in [6, 6.07) is 1.62. The first-order valence-electron chi connectivity index (χ1n) is 4.82. The van der Waals surface area contributed by atoms with Crippen LogP contribution in [0.4, 0.5) is 5.69 Å². The highest BCUT2D eigenvalue weighted by Crippen LogP contribution is 2.12. The Kier molecular flexibility index (Phi) is 4.91. The number of hydrogen-bond donors (Lipinski definition) is 2. The molecule has 0 amide bonds. The molecule has 0 fully saturated rings. The third-order valence-corrected chi connectivity index (χ3v) is 2.84. The number of carboxylic acids is 1. The van der Waals surface area contributed by atoms with Gasteiger partial charge in [-0.2, -0.15) is 0 Å². The number of aromatic carboxylic acids is 1. The van der Waals surface area contributed by atoms with Crippen LogP contribution in [0.15, 0.2) is 18.5 Å². The molecule has 0 radical (unpaired) electrons. The minimum atomic E-state index is -1.00. The van der Waals surface area contributed by atoms with E-state index < -0.39 is 16.8 Å². The Bertz CT molecular complexity index is 395. The van der Waals surface area contributed by atoms with Gasteiger partial charge in [0.15, 0.2) is 0 Å². The fraction of sp³-hybridized carbons (Fsp3) is 0.400. The molecule has 88 valence electrons. The third-order valence-electron chi connectivity index (χ3n) is 1.98. The monoisotopic (exact) mass is 242 g/mol. The molecule has 0 aliphatic heterocycles. The van der Waals surface area contributed by atoms with Gasteiger partial charge in [-0.15, -0.1) is 0 Å². The molecular weight excluding hydrogens is 228 g/mol. The van der Waals surface area contributed by atoms with Crippen LogP contribution in [0.1, 0.15) is 16.8 Å². The van der Waals surface area contributed by atoms with Crippen molar-refractivity contribution in [2.75, 3.05) is 23.9 Å². The maximum absolute atomic E-state index is 10.8. The van der Waals surface area contributed by atoms with Gasteiger partial charge < -0.3 is 10.4 Å². The summed E-state index contributed by atoms with van der Waals surface area (Å²) in [6.07, 6.45) is 5.23. The van der Waals surface area contributed by atoms with Crippen LogP contribution in [0, 0.1) is 0 Å². The second-order valence-corrected chi connectivity index (χ2v) is 4.84. The first-order valence-corrected chi connectivity index (χ1v) is 6.55. The van der Waals surface area contributed by atoms with Crippen molar-refractivity contribution in [1.82, 2.24) is 4.98 Å². The van der Waals surface area contributed by atoms with Gasteiger partial charge in [-0.1, -0.05) is 0 Å². The minimum Gasteiger partial charge on any atom is -0.478 e. The molecule has 1 aromatic rings. The van der Waals surface area contributed by atoms with Crippen LogP contribution in [0.3, 0.4) is 0 Å². The summed E-state index contributed by atoms with van der Waals surface area (Å²) in [5.74, 6) is -0.393. The molecular formula is C10H14N2O3S. The van der Waals surface area contributed by atoms with E-state index in [0.717, 1.165) is 6.42 Å². The fourth-order valence-electron chi connectivity index (χ4n) is 1.22. The van der Waals surface area contributed by atoms with Crippen molar-refractivity contribution in [3.63, 3.8) is 0 Å². The van der Waals surface area contributed by atoms with Crippen LogP contribution in [0.25, 0.3) is 0 Å². The van der Waals surface area contributed by atoms with Crippen molar-refractivity contribution < 1.29 is 14.1 Å². The summed E-state index contributed by atoms with van der Waals surface area (Å²) in [5.41, 5.74) is 0.699. The Morgan fingerprint density at radius 2 is 2.38 bits per heavy atom. The van der Waals surface area contributed by atoms with Gasteiger partial charge in [0, 0.05) is 41.7 Å². The highest BCUT2D eigenvalue weighted by atomic mass is 32.2. The van der Waals surface area contributed by atoms with Crippen molar-refractivity contribution in [2.45, 2.75) is 6.42 Å². The van der Waals surface area contributed by atoms with Gasteiger partial charge in [-0.05, 0) is 12.5 Å². The lowest BCUT2D eigenvalue weighted by molar-refractivity contribution is 0.0697. The summed E-state index contributed by atoms with van der Waals surface area (Å²) in [5, 5.41) is 11.9. The normalized spacial score (nSPS) is 12.1. The molecule has 16 heavy (non-hydrogen) atoms. The van der Waals surface area contributed by atoms with E-state index in [0.29, 0.717) is 18.0 Å². The predicted octanol–water partition coefficient (Wildman–Crippen LogP) is 0.960. The van der Waals surface area contributed by atoms with E-state index in [1.165, 1.54) is 12.4 Å². The van der Waals surface area contributed by atoms with Gasteiger partial charge in [0.2, 0.25) is 0 Å². The summed E-state index contributed by atoms with van der Waals surface area (Å²) < 4.78 is 10.8. The number of aromatic nitrogens is 1. The molecule has 2 N–H and O–H groups in total. The van der Waals surface area contributed by atoms with Crippen LogP contribution >= 0.6 is 0 Å². The zero-order valence-corrected chi connectivity index (χ0v) is 9.79. The Morgan fingerprint density at radius 1 is 1.62 bits per heavy atom. The molecule has 0 aliphatic carbocycles. The van der Waals surface area contributed by atoms with Gasteiger partial charge >= 0.3 is 5.97 Å². The van der Waals surface area contributed by atoms with E-state index in [2.05, 4.69) is 10.3 Å². The van der Waals surface area contributed by atoms with Crippen molar-refractivity contribution >= 4 is 22.5 Å². The summed E-state index contributed by atoms with van der Waals surface area (Å²) in [7, 11) is -0.806. The molecule has 0 aliphatic rings. The number of nitrogens with one attached hydrogen (secondary N) is 1. The maximum Gasteiger partial charge on any atom is 0.339 e. The highest BCUT2D eigenvalue weighted by Gasteiger charge is 2.08. The molecule has 1 rings (SSSR count). The van der Waals surface area contributed by atoms with Gasteiger partial charge in [0.1, 0.15) is 5.56 Å². The number of anilines is 1. The van der Waals surface area contributed by atoms with Crippen molar-refractivity contribution in [1.29, 1.82) is 0 Å². The first kappa shape index (κ1) is 12.6. The number of carboxylic acid groups (broad SMARTS) is 1. The molecule has 0 saturated carbocycles. The summed E-state index contributed by atoms with van der Waals surface area (Å²) in [4.78, 5) is 14.6. The second kappa shape index (κ2) is 6.22. The van der Waals surface area contributed by atoms with Crippen molar-refractivity contribution in [2.24, 2.45) is 0 Å². The Morgan fingerprint density at radius 3 is 3.00 bits per heavy atom. The third kappa shape index (κ3) is 3.98. The predicted molar refractivity (Wildman–Crippen MR) is 63.2 cm³/mol. The molecule has 1 heterocycles. The largest absolute Gasteiger partial charge is 0.478 e. The van der Waals surface area contributed by atoms with E-state index in [1.54, 1.807) is 12.3 Å². The maximum atomic E-state index is 10.8. The lowest BCUT2D eigenvalue weighted by atomic mass is 10.2. The van der Waals surface area contributed by atoms with Crippen LogP contribution in [-0.2, 0) is 10.8 Å². The van der Waals surface area contributed by atoms with E-state index in [4.69, 9.17) is 5.11 Å². The molecule has 0 spiro atoms. The van der Waals surface area contributed by atoms with E-state index in [9.17, 15) is 9.00 Å². The second-order valence-electron chi connectivity index (χ2n) is 3.28. The first-order chi connectivity index (χ1) is 7.61. The van der Waals surface area contributed by atoms with Gasteiger partial charge in [-0.3, -0.25) is 9.19 Å². The van der Waals surface area contributed by atoms with Crippen LogP contribution in [0.5, 0.6) is 0 Å². The van der Waals surface area contributed by atoms with Crippen LogP contribution in [-0.4, -0.2) is 38.8 Å². The van der Waals surface area contributed by atoms with Gasteiger partial charge in [0.05, 0.1) is 5.69 Å². The standard InChI is InChI=1S/C10H14N2O3S/c1-16(15)6-2-4-12-9-3-5-11-7-8(9)10(13)14/h3,5,7H,2,4,6H2,1H3,(H,11,12)(H,13,14). The number of nitrogens with zero attached hydrogens (tertiary/aromatic N) is 1. The average Bonchev–Trinajstić information content (AvgIpc) is 2.24. The molecule has 1 unspecified atom stereocenters. The molecule has 0 bridgehead atoms. The minimum absolute atomic E-state index is 0.153. The Labute approximate surface area is 96.4 Å². The van der Waals surface area contributed by atoms with Gasteiger partial charge in [-0.25, -0.2) is 4.79 Å².